The SMILES string of the molecule is O=C(NCCC(O)c1ccccc1)Nc1cccs1. The molecule has 2 amide bonds. The lowest BCUT2D eigenvalue weighted by molar-refractivity contribution is 0.167. The van der Waals surface area contributed by atoms with E-state index in [9.17, 15) is 9.90 Å². The molecule has 0 aliphatic heterocycles. The van der Waals surface area contributed by atoms with E-state index >= 15 is 0 Å². The molecule has 1 heterocycles. The molecule has 0 aliphatic carbocycles. The second kappa shape index (κ2) is 6.92. The van der Waals surface area contributed by atoms with Crippen molar-refractivity contribution in [2.75, 3.05) is 11.9 Å². The van der Waals surface area contributed by atoms with Crippen molar-refractivity contribution >= 4 is 22.4 Å². The fourth-order valence-corrected chi connectivity index (χ4v) is 2.28. The Kier molecular flexibility index (Phi) is 4.94. The molecule has 2 aromatic rings. The second-order valence-corrected chi connectivity index (χ2v) is 5.02. The summed E-state index contributed by atoms with van der Waals surface area (Å²) in [5.74, 6) is 0. The topological polar surface area (TPSA) is 61.4 Å². The van der Waals surface area contributed by atoms with Gasteiger partial charge in [-0.15, -0.1) is 11.3 Å². The van der Waals surface area contributed by atoms with Crippen LogP contribution in [0.5, 0.6) is 0 Å². The third-order valence-electron chi connectivity index (χ3n) is 2.65. The van der Waals surface area contributed by atoms with Crippen molar-refractivity contribution in [3.05, 3.63) is 53.4 Å². The van der Waals surface area contributed by atoms with Gasteiger partial charge in [0.2, 0.25) is 0 Å². The van der Waals surface area contributed by atoms with Crippen molar-refractivity contribution < 1.29 is 9.90 Å². The van der Waals surface area contributed by atoms with Crippen LogP contribution < -0.4 is 10.6 Å². The summed E-state index contributed by atoms with van der Waals surface area (Å²) in [7, 11) is 0. The summed E-state index contributed by atoms with van der Waals surface area (Å²) in [5.41, 5.74) is 0.864. The highest BCUT2D eigenvalue weighted by atomic mass is 32.1. The molecule has 5 heteroatoms. The number of hydrogen-bond donors (Lipinski definition) is 3. The number of anilines is 1. The number of benzene rings is 1. The maximum absolute atomic E-state index is 11.5. The number of aliphatic hydroxyl groups excluding tert-OH is 1. The molecular weight excluding hydrogens is 260 g/mol. The average molecular weight is 276 g/mol. The molecule has 19 heavy (non-hydrogen) atoms. The van der Waals surface area contributed by atoms with E-state index in [1.54, 1.807) is 0 Å². The number of aliphatic hydroxyl groups is 1. The molecule has 0 fully saturated rings. The lowest BCUT2D eigenvalue weighted by Gasteiger charge is -2.11. The van der Waals surface area contributed by atoms with Crippen molar-refractivity contribution in [2.24, 2.45) is 0 Å². The van der Waals surface area contributed by atoms with Gasteiger partial charge >= 0.3 is 6.03 Å². The van der Waals surface area contributed by atoms with Crippen LogP contribution in [0.1, 0.15) is 18.1 Å². The molecule has 0 bridgehead atoms. The first kappa shape index (κ1) is 13.6. The predicted molar refractivity (Wildman–Crippen MR) is 77.4 cm³/mol. The van der Waals surface area contributed by atoms with Gasteiger partial charge in [-0.05, 0) is 29.5 Å². The lowest BCUT2D eigenvalue weighted by Crippen LogP contribution is -2.30. The average Bonchev–Trinajstić information content (AvgIpc) is 2.92. The van der Waals surface area contributed by atoms with Crippen molar-refractivity contribution in [1.29, 1.82) is 0 Å². The first-order valence-corrected chi connectivity index (χ1v) is 6.95. The molecule has 100 valence electrons. The van der Waals surface area contributed by atoms with Crippen LogP contribution in [0, 0.1) is 0 Å². The van der Waals surface area contributed by atoms with Crippen molar-refractivity contribution in [2.45, 2.75) is 12.5 Å². The summed E-state index contributed by atoms with van der Waals surface area (Å²) < 4.78 is 0. The number of carbonyl (C=O) groups is 1. The Bertz CT molecular complexity index is 499. The number of carbonyl (C=O) groups excluding carboxylic acids is 1. The summed E-state index contributed by atoms with van der Waals surface area (Å²) in [6.45, 7) is 0.424. The smallest absolute Gasteiger partial charge is 0.319 e. The van der Waals surface area contributed by atoms with Crippen LogP contribution in [0.3, 0.4) is 0 Å². The number of nitrogens with one attached hydrogen (secondary N) is 2. The van der Waals surface area contributed by atoms with Gasteiger partial charge in [0.15, 0.2) is 0 Å². The normalized spacial score (nSPS) is 11.8. The Balaban J connectivity index is 1.70. The van der Waals surface area contributed by atoms with Crippen LogP contribution in [-0.2, 0) is 0 Å². The van der Waals surface area contributed by atoms with E-state index in [2.05, 4.69) is 10.6 Å². The van der Waals surface area contributed by atoms with Gasteiger partial charge in [-0.2, -0.15) is 0 Å². The van der Waals surface area contributed by atoms with E-state index in [0.717, 1.165) is 10.6 Å². The van der Waals surface area contributed by atoms with Crippen LogP contribution in [0.15, 0.2) is 47.8 Å². The zero-order chi connectivity index (χ0) is 13.5. The maximum Gasteiger partial charge on any atom is 0.319 e. The first-order chi connectivity index (χ1) is 9.25. The van der Waals surface area contributed by atoms with Crippen LogP contribution >= 0.6 is 11.3 Å². The molecule has 1 aromatic carbocycles. The van der Waals surface area contributed by atoms with Crippen LogP contribution in [0.4, 0.5) is 9.80 Å². The van der Waals surface area contributed by atoms with E-state index in [0.29, 0.717) is 13.0 Å². The standard InChI is InChI=1S/C14H16N2O2S/c17-12(11-5-2-1-3-6-11)8-9-15-14(18)16-13-7-4-10-19-13/h1-7,10,12,17H,8-9H2,(H2,15,16,18). The highest BCUT2D eigenvalue weighted by Crippen LogP contribution is 2.16. The monoisotopic (exact) mass is 276 g/mol. The quantitative estimate of drug-likeness (QED) is 0.786. The molecule has 3 N–H and O–H groups in total. The number of hydrogen-bond acceptors (Lipinski definition) is 3. The minimum Gasteiger partial charge on any atom is -0.388 e. The van der Waals surface area contributed by atoms with Gasteiger partial charge in [0.1, 0.15) is 0 Å². The second-order valence-electron chi connectivity index (χ2n) is 4.07. The maximum atomic E-state index is 11.5. The molecule has 2 rings (SSSR count). The zero-order valence-electron chi connectivity index (χ0n) is 10.4. The minimum absolute atomic E-state index is 0.247. The zero-order valence-corrected chi connectivity index (χ0v) is 11.2. The predicted octanol–water partition coefficient (Wildman–Crippen LogP) is 2.99. The van der Waals surface area contributed by atoms with Crippen molar-refractivity contribution in [1.82, 2.24) is 5.32 Å². The first-order valence-electron chi connectivity index (χ1n) is 6.07. The van der Waals surface area contributed by atoms with Crippen LogP contribution in [-0.4, -0.2) is 17.7 Å². The highest BCUT2D eigenvalue weighted by molar-refractivity contribution is 7.14. The molecule has 0 saturated carbocycles. The third kappa shape index (κ3) is 4.39. The fourth-order valence-electron chi connectivity index (χ4n) is 1.67. The van der Waals surface area contributed by atoms with Crippen LogP contribution in [0.2, 0.25) is 0 Å². The van der Waals surface area contributed by atoms with Gasteiger partial charge in [0.25, 0.3) is 0 Å². The molecular formula is C14H16N2O2S. The van der Waals surface area contributed by atoms with Gasteiger partial charge < -0.3 is 10.4 Å². The highest BCUT2D eigenvalue weighted by Gasteiger charge is 2.07. The van der Waals surface area contributed by atoms with Crippen molar-refractivity contribution in [3.63, 3.8) is 0 Å². The van der Waals surface area contributed by atoms with E-state index in [1.165, 1.54) is 11.3 Å². The number of rotatable bonds is 5. The Morgan fingerprint density at radius 3 is 2.68 bits per heavy atom. The number of urea groups is 1. The Morgan fingerprint density at radius 1 is 1.21 bits per heavy atom. The summed E-state index contributed by atoms with van der Waals surface area (Å²) in [4.78, 5) is 11.5. The fraction of sp³-hybridized carbons (Fsp3) is 0.214. The summed E-state index contributed by atoms with van der Waals surface area (Å²) >= 11 is 1.47. The number of amides is 2. The largest absolute Gasteiger partial charge is 0.388 e. The third-order valence-corrected chi connectivity index (χ3v) is 3.43. The van der Waals surface area contributed by atoms with E-state index in [4.69, 9.17) is 0 Å². The van der Waals surface area contributed by atoms with Crippen molar-refractivity contribution in [3.8, 4) is 0 Å². The van der Waals surface area contributed by atoms with Gasteiger partial charge in [-0.3, -0.25) is 5.32 Å². The molecule has 4 nitrogen and oxygen atoms in total. The van der Waals surface area contributed by atoms with Gasteiger partial charge in [0.05, 0.1) is 11.1 Å². The van der Waals surface area contributed by atoms with E-state index < -0.39 is 6.10 Å². The van der Waals surface area contributed by atoms with Gasteiger partial charge in [0, 0.05) is 6.54 Å². The van der Waals surface area contributed by atoms with E-state index in [-0.39, 0.29) is 6.03 Å². The number of thiophene rings is 1. The van der Waals surface area contributed by atoms with Crippen LogP contribution in [0.25, 0.3) is 0 Å². The molecule has 0 radical (unpaired) electrons. The molecule has 0 saturated heterocycles. The van der Waals surface area contributed by atoms with E-state index in [1.807, 2.05) is 47.8 Å². The summed E-state index contributed by atoms with van der Waals surface area (Å²) in [6, 6.07) is 12.9. The Morgan fingerprint density at radius 2 is 2.00 bits per heavy atom. The molecule has 1 atom stereocenters. The molecule has 0 spiro atoms. The molecule has 0 aliphatic rings. The Labute approximate surface area is 116 Å². The summed E-state index contributed by atoms with van der Waals surface area (Å²) in [5, 5.41) is 18.1. The van der Waals surface area contributed by atoms with Gasteiger partial charge in [-0.1, -0.05) is 30.3 Å². The summed E-state index contributed by atoms with van der Waals surface area (Å²) in [6.07, 6.45) is -0.0646. The van der Waals surface area contributed by atoms with Gasteiger partial charge in [-0.25, -0.2) is 4.79 Å². The lowest BCUT2D eigenvalue weighted by atomic mass is 10.1. The Hall–Kier alpha value is -1.85. The minimum atomic E-state index is -0.553. The molecule has 1 aromatic heterocycles. The molecule has 1 unspecified atom stereocenters.